The minimum Gasteiger partial charge on any atom is -0.496 e. The minimum absolute atomic E-state index is 0.216. The van der Waals surface area contributed by atoms with E-state index >= 15 is 0 Å². The molecule has 1 aliphatic heterocycles. The molecule has 2 aromatic rings. The van der Waals surface area contributed by atoms with Crippen molar-refractivity contribution in [2.45, 2.75) is 19.5 Å². The molecule has 3 rings (SSSR count). The summed E-state index contributed by atoms with van der Waals surface area (Å²) in [7, 11) is 1.63. The smallest absolute Gasteiger partial charge is 0.167 e. The van der Waals surface area contributed by atoms with E-state index in [1.165, 1.54) is 0 Å². The average molecular weight is 279 g/mol. The second-order valence-corrected chi connectivity index (χ2v) is 4.99. The van der Waals surface area contributed by atoms with Gasteiger partial charge in [0.1, 0.15) is 11.6 Å². The number of hydrogen-bond donors (Lipinski definition) is 1. The zero-order valence-corrected chi connectivity index (χ0v) is 11.6. The zero-order chi connectivity index (χ0) is 13.4. The Kier molecular flexibility index (Phi) is 3.16. The lowest BCUT2D eigenvalue weighted by Crippen LogP contribution is -2.32. The van der Waals surface area contributed by atoms with Gasteiger partial charge in [0, 0.05) is 18.1 Å². The third kappa shape index (κ3) is 2.09. The van der Waals surface area contributed by atoms with E-state index in [2.05, 4.69) is 27.0 Å². The Morgan fingerprint density at radius 1 is 1.42 bits per heavy atom. The van der Waals surface area contributed by atoms with Gasteiger partial charge in [0.05, 0.1) is 18.7 Å². The number of hydrogen-bond acceptors (Lipinski definition) is 4. The Morgan fingerprint density at radius 2 is 2.26 bits per heavy atom. The molecule has 1 N–H and O–H groups in total. The largest absolute Gasteiger partial charge is 0.496 e. The molecule has 0 amide bonds. The highest BCUT2D eigenvalue weighted by Gasteiger charge is 2.23. The molecule has 1 aliphatic rings. The van der Waals surface area contributed by atoms with Gasteiger partial charge in [-0.3, -0.25) is 0 Å². The van der Waals surface area contributed by atoms with Gasteiger partial charge in [0.2, 0.25) is 0 Å². The molecule has 0 saturated heterocycles. The third-order valence-corrected chi connectivity index (χ3v) is 3.59. The predicted molar refractivity (Wildman–Crippen MR) is 73.4 cm³/mol. The second-order valence-electron chi connectivity index (χ2n) is 4.55. The Balaban J connectivity index is 2.13. The van der Waals surface area contributed by atoms with Crippen LogP contribution in [0.4, 0.5) is 0 Å². The van der Waals surface area contributed by atoms with Crippen molar-refractivity contribution in [1.29, 1.82) is 0 Å². The first-order chi connectivity index (χ1) is 9.20. The van der Waals surface area contributed by atoms with Crippen molar-refractivity contribution in [2.75, 3.05) is 13.7 Å². The molecular formula is C13H15ClN4O. The van der Waals surface area contributed by atoms with Gasteiger partial charge in [-0.15, -0.1) is 10.2 Å². The third-order valence-electron chi connectivity index (χ3n) is 3.36. The van der Waals surface area contributed by atoms with Crippen LogP contribution in [0.25, 0.3) is 11.4 Å². The van der Waals surface area contributed by atoms with E-state index < -0.39 is 0 Å². The number of nitrogens with one attached hydrogen (secondary N) is 1. The fourth-order valence-corrected chi connectivity index (χ4v) is 2.55. The molecule has 5 nitrogen and oxygen atoms in total. The molecule has 100 valence electrons. The first kappa shape index (κ1) is 12.4. The molecule has 0 radical (unpaired) electrons. The Hall–Kier alpha value is -1.59. The summed E-state index contributed by atoms with van der Waals surface area (Å²) in [5.41, 5.74) is 0.916. The van der Waals surface area contributed by atoms with Gasteiger partial charge in [-0.2, -0.15) is 0 Å². The summed E-state index contributed by atoms with van der Waals surface area (Å²) in [6, 6.07) is 5.77. The normalized spacial score (nSPS) is 18.2. The van der Waals surface area contributed by atoms with Gasteiger partial charge in [0.15, 0.2) is 5.82 Å². The molecule has 1 aromatic carbocycles. The van der Waals surface area contributed by atoms with Gasteiger partial charge in [-0.05, 0) is 25.1 Å². The summed E-state index contributed by atoms with van der Waals surface area (Å²) in [5, 5.41) is 12.6. The number of rotatable bonds is 2. The molecule has 19 heavy (non-hydrogen) atoms. The van der Waals surface area contributed by atoms with Crippen LogP contribution in [0, 0.1) is 0 Å². The van der Waals surface area contributed by atoms with Crippen molar-refractivity contribution in [3.63, 3.8) is 0 Å². The summed E-state index contributed by atoms with van der Waals surface area (Å²) in [6.07, 6.45) is 0. The zero-order valence-electron chi connectivity index (χ0n) is 10.9. The van der Waals surface area contributed by atoms with Crippen LogP contribution in [-0.2, 0) is 6.54 Å². The van der Waals surface area contributed by atoms with Crippen molar-refractivity contribution in [3.8, 4) is 17.1 Å². The van der Waals surface area contributed by atoms with Gasteiger partial charge in [0.25, 0.3) is 0 Å². The van der Waals surface area contributed by atoms with Crippen LogP contribution >= 0.6 is 11.6 Å². The maximum absolute atomic E-state index is 5.99. The van der Waals surface area contributed by atoms with Crippen LogP contribution in [0.5, 0.6) is 5.75 Å². The molecule has 0 aliphatic carbocycles. The standard InChI is InChI=1S/C13H15ClN4O/c1-8-12-16-17-13(18(12)6-5-15-8)10-4-3-9(14)7-11(10)19-2/h3-4,7-8,15H,5-6H2,1-2H3. The van der Waals surface area contributed by atoms with Crippen molar-refractivity contribution in [2.24, 2.45) is 0 Å². The summed E-state index contributed by atoms with van der Waals surface area (Å²) in [6.45, 7) is 3.85. The van der Waals surface area contributed by atoms with Gasteiger partial charge >= 0.3 is 0 Å². The SMILES string of the molecule is COc1cc(Cl)ccc1-c1nnc2n1CCNC2C. The molecule has 6 heteroatoms. The van der Waals surface area contributed by atoms with E-state index in [0.717, 1.165) is 30.3 Å². The van der Waals surface area contributed by atoms with Gasteiger partial charge in [-0.25, -0.2) is 0 Å². The highest BCUT2D eigenvalue weighted by Crippen LogP contribution is 2.32. The number of fused-ring (bicyclic) bond motifs is 1. The van der Waals surface area contributed by atoms with Crippen LogP contribution in [0.1, 0.15) is 18.8 Å². The molecule has 0 fully saturated rings. The van der Waals surface area contributed by atoms with E-state index in [1.54, 1.807) is 13.2 Å². The summed E-state index contributed by atoms with van der Waals surface area (Å²) in [5.74, 6) is 2.50. The maximum Gasteiger partial charge on any atom is 0.167 e. The topological polar surface area (TPSA) is 52.0 Å². The molecule has 0 spiro atoms. The Labute approximate surface area is 116 Å². The first-order valence-corrected chi connectivity index (χ1v) is 6.59. The molecule has 0 saturated carbocycles. The molecule has 0 bridgehead atoms. The fraction of sp³-hybridized carbons (Fsp3) is 0.385. The lowest BCUT2D eigenvalue weighted by atomic mass is 10.1. The predicted octanol–water partition coefficient (Wildman–Crippen LogP) is 2.27. The number of nitrogens with zero attached hydrogens (tertiary/aromatic N) is 3. The second kappa shape index (κ2) is 4.83. The van der Waals surface area contributed by atoms with E-state index in [9.17, 15) is 0 Å². The van der Waals surface area contributed by atoms with E-state index in [0.29, 0.717) is 10.8 Å². The lowest BCUT2D eigenvalue weighted by molar-refractivity contribution is 0.414. The van der Waals surface area contributed by atoms with E-state index in [-0.39, 0.29) is 6.04 Å². The number of methoxy groups -OCH3 is 1. The number of halogens is 1. The van der Waals surface area contributed by atoms with Gasteiger partial charge < -0.3 is 14.6 Å². The fourth-order valence-electron chi connectivity index (χ4n) is 2.39. The van der Waals surface area contributed by atoms with Crippen LogP contribution in [-0.4, -0.2) is 28.4 Å². The molecule has 1 unspecified atom stereocenters. The quantitative estimate of drug-likeness (QED) is 0.916. The van der Waals surface area contributed by atoms with Crippen molar-refractivity contribution in [1.82, 2.24) is 20.1 Å². The Morgan fingerprint density at radius 3 is 3.05 bits per heavy atom. The molecule has 1 atom stereocenters. The van der Waals surface area contributed by atoms with Crippen molar-refractivity contribution >= 4 is 11.6 Å². The number of benzene rings is 1. The van der Waals surface area contributed by atoms with Crippen LogP contribution in [0.15, 0.2) is 18.2 Å². The monoisotopic (exact) mass is 278 g/mol. The minimum atomic E-state index is 0.216. The maximum atomic E-state index is 5.99. The lowest BCUT2D eigenvalue weighted by Gasteiger charge is -2.22. The summed E-state index contributed by atoms with van der Waals surface area (Å²) in [4.78, 5) is 0. The van der Waals surface area contributed by atoms with Gasteiger partial charge in [-0.1, -0.05) is 11.6 Å². The summed E-state index contributed by atoms with van der Waals surface area (Å²) >= 11 is 5.99. The number of aromatic nitrogens is 3. The first-order valence-electron chi connectivity index (χ1n) is 6.21. The molecular weight excluding hydrogens is 264 g/mol. The van der Waals surface area contributed by atoms with E-state index in [1.807, 2.05) is 12.1 Å². The highest BCUT2D eigenvalue weighted by atomic mass is 35.5. The highest BCUT2D eigenvalue weighted by molar-refractivity contribution is 6.30. The van der Waals surface area contributed by atoms with Crippen molar-refractivity contribution < 1.29 is 4.74 Å². The Bertz CT molecular complexity index is 611. The van der Waals surface area contributed by atoms with Crippen LogP contribution < -0.4 is 10.1 Å². The molecule has 1 aromatic heterocycles. The van der Waals surface area contributed by atoms with Crippen LogP contribution in [0.2, 0.25) is 5.02 Å². The molecule has 2 heterocycles. The summed E-state index contributed by atoms with van der Waals surface area (Å²) < 4.78 is 7.52. The number of ether oxygens (including phenoxy) is 1. The van der Waals surface area contributed by atoms with Crippen molar-refractivity contribution in [3.05, 3.63) is 29.0 Å². The average Bonchev–Trinajstić information content (AvgIpc) is 2.84. The van der Waals surface area contributed by atoms with E-state index in [4.69, 9.17) is 16.3 Å². The van der Waals surface area contributed by atoms with Crippen LogP contribution in [0.3, 0.4) is 0 Å².